The summed E-state index contributed by atoms with van der Waals surface area (Å²) in [5.74, 6) is 0.115. The molecular weight excluding hydrogens is 152 g/mol. The summed E-state index contributed by atoms with van der Waals surface area (Å²) in [6.45, 7) is 1.56. The van der Waals surface area contributed by atoms with Gasteiger partial charge in [-0.2, -0.15) is 0 Å². The molecule has 0 N–H and O–H groups in total. The monoisotopic (exact) mass is 162 g/mol. The lowest BCUT2D eigenvalue weighted by Crippen LogP contribution is -2.00. The summed E-state index contributed by atoms with van der Waals surface area (Å²) in [6.07, 6.45) is -0.170. The Balaban J connectivity index is 2.11. The van der Waals surface area contributed by atoms with E-state index >= 15 is 0 Å². The molecule has 0 aromatic heterocycles. The lowest BCUT2D eigenvalue weighted by Gasteiger charge is -1.91. The van der Waals surface area contributed by atoms with Gasteiger partial charge in [0.15, 0.2) is 5.78 Å². The van der Waals surface area contributed by atoms with Crippen molar-refractivity contribution in [2.75, 3.05) is 0 Å². The lowest BCUT2D eigenvalue weighted by molar-refractivity contribution is -0.118. The molecule has 0 saturated carbocycles. The number of hydrogen-bond donors (Lipinski definition) is 0. The molecule has 2 nitrogen and oxygen atoms in total. The molecule has 1 aromatic carbocycles. The molecule has 2 atom stereocenters. The first-order valence-corrected chi connectivity index (χ1v) is 4.00. The van der Waals surface area contributed by atoms with E-state index in [1.54, 1.807) is 6.92 Å². The van der Waals surface area contributed by atoms with Crippen LogP contribution in [0.3, 0.4) is 0 Å². The van der Waals surface area contributed by atoms with Crippen molar-refractivity contribution in [1.82, 2.24) is 0 Å². The number of rotatable bonds is 2. The number of Topliss-reactive ketones (excluding diaryl/α,β-unsaturated/α-hetero) is 1. The molecule has 1 aromatic rings. The number of ketones is 1. The molecule has 1 fully saturated rings. The molecule has 1 unspecified atom stereocenters. The van der Waals surface area contributed by atoms with E-state index in [4.69, 9.17) is 4.74 Å². The van der Waals surface area contributed by atoms with Crippen LogP contribution in [0.2, 0.25) is 0 Å². The van der Waals surface area contributed by atoms with Crippen LogP contribution < -0.4 is 0 Å². The zero-order valence-corrected chi connectivity index (χ0v) is 6.86. The molecule has 12 heavy (non-hydrogen) atoms. The van der Waals surface area contributed by atoms with Gasteiger partial charge in [-0.1, -0.05) is 30.3 Å². The SMILES string of the molecule is CC(=O)[C@@H]1OC1c1ccccc1. The first kappa shape index (κ1) is 7.50. The Kier molecular flexibility index (Phi) is 1.70. The summed E-state index contributed by atoms with van der Waals surface area (Å²) in [5, 5.41) is 0. The molecule has 0 spiro atoms. The molecule has 0 radical (unpaired) electrons. The average Bonchev–Trinajstić information content (AvgIpc) is 2.84. The topological polar surface area (TPSA) is 29.6 Å². The van der Waals surface area contributed by atoms with Crippen LogP contribution in [0, 0.1) is 0 Å². The number of benzene rings is 1. The first-order chi connectivity index (χ1) is 5.79. The fourth-order valence-electron chi connectivity index (χ4n) is 1.32. The largest absolute Gasteiger partial charge is 0.356 e. The highest BCUT2D eigenvalue weighted by Gasteiger charge is 2.43. The van der Waals surface area contributed by atoms with Gasteiger partial charge in [-0.3, -0.25) is 4.79 Å². The first-order valence-electron chi connectivity index (χ1n) is 4.00. The Hall–Kier alpha value is -1.15. The molecule has 1 aliphatic heterocycles. The van der Waals surface area contributed by atoms with Gasteiger partial charge in [-0.25, -0.2) is 0 Å². The summed E-state index contributed by atoms with van der Waals surface area (Å²) < 4.78 is 5.21. The van der Waals surface area contributed by atoms with Crippen LogP contribution in [0.5, 0.6) is 0 Å². The van der Waals surface area contributed by atoms with Gasteiger partial charge in [0.25, 0.3) is 0 Å². The zero-order valence-electron chi connectivity index (χ0n) is 6.86. The van der Waals surface area contributed by atoms with Crippen LogP contribution in [0.25, 0.3) is 0 Å². The number of carbonyl (C=O) groups excluding carboxylic acids is 1. The van der Waals surface area contributed by atoms with E-state index in [2.05, 4.69) is 0 Å². The standard InChI is InChI=1S/C10H10O2/c1-7(11)9-10(12-9)8-5-3-2-4-6-8/h2-6,9-10H,1H3/t9-,10?/m0/s1. The quantitative estimate of drug-likeness (QED) is 0.619. The molecule has 2 rings (SSSR count). The Labute approximate surface area is 71.2 Å². The molecule has 1 saturated heterocycles. The van der Waals surface area contributed by atoms with Crippen molar-refractivity contribution in [2.24, 2.45) is 0 Å². The van der Waals surface area contributed by atoms with E-state index in [0.29, 0.717) is 0 Å². The van der Waals surface area contributed by atoms with Crippen molar-refractivity contribution in [3.05, 3.63) is 35.9 Å². The average molecular weight is 162 g/mol. The molecule has 0 aliphatic carbocycles. The Morgan fingerprint density at radius 1 is 1.33 bits per heavy atom. The van der Waals surface area contributed by atoms with Crippen molar-refractivity contribution in [1.29, 1.82) is 0 Å². The third-order valence-electron chi connectivity index (χ3n) is 2.02. The molecule has 2 heteroatoms. The van der Waals surface area contributed by atoms with Crippen molar-refractivity contribution >= 4 is 5.78 Å². The molecule has 62 valence electrons. The van der Waals surface area contributed by atoms with Crippen LogP contribution in [-0.2, 0) is 9.53 Å². The Morgan fingerprint density at radius 3 is 2.50 bits per heavy atom. The number of hydrogen-bond acceptors (Lipinski definition) is 2. The van der Waals surface area contributed by atoms with Crippen LogP contribution in [0.1, 0.15) is 18.6 Å². The minimum Gasteiger partial charge on any atom is -0.356 e. The summed E-state index contributed by atoms with van der Waals surface area (Å²) in [6, 6.07) is 9.82. The van der Waals surface area contributed by atoms with E-state index in [1.807, 2.05) is 30.3 Å². The maximum absolute atomic E-state index is 10.9. The zero-order chi connectivity index (χ0) is 8.55. The molecule has 1 aliphatic rings. The molecular formula is C10H10O2. The summed E-state index contributed by atoms with van der Waals surface area (Å²) in [4.78, 5) is 10.9. The fourth-order valence-corrected chi connectivity index (χ4v) is 1.32. The normalized spacial score (nSPS) is 26.8. The lowest BCUT2D eigenvalue weighted by atomic mass is 10.1. The van der Waals surface area contributed by atoms with Gasteiger partial charge in [0, 0.05) is 0 Å². The highest BCUT2D eigenvalue weighted by Crippen LogP contribution is 2.38. The summed E-state index contributed by atoms with van der Waals surface area (Å²) >= 11 is 0. The van der Waals surface area contributed by atoms with Crippen LogP contribution >= 0.6 is 0 Å². The van der Waals surface area contributed by atoms with E-state index < -0.39 is 0 Å². The Bertz CT molecular complexity index is 292. The van der Waals surface area contributed by atoms with Gasteiger partial charge in [0.1, 0.15) is 12.2 Å². The minimum atomic E-state index is -0.188. The number of ether oxygens (including phenoxy) is 1. The Morgan fingerprint density at radius 2 is 2.00 bits per heavy atom. The second kappa shape index (κ2) is 2.72. The van der Waals surface area contributed by atoms with Crippen molar-refractivity contribution in [3.63, 3.8) is 0 Å². The van der Waals surface area contributed by atoms with Gasteiger partial charge < -0.3 is 4.74 Å². The van der Waals surface area contributed by atoms with E-state index in [9.17, 15) is 4.79 Å². The molecule has 1 heterocycles. The highest BCUT2D eigenvalue weighted by molar-refractivity contribution is 5.83. The third kappa shape index (κ3) is 1.25. The highest BCUT2D eigenvalue weighted by atomic mass is 16.6. The predicted octanol–water partition coefficient (Wildman–Crippen LogP) is 1.72. The van der Waals surface area contributed by atoms with Crippen LogP contribution in [-0.4, -0.2) is 11.9 Å². The van der Waals surface area contributed by atoms with E-state index in [-0.39, 0.29) is 18.0 Å². The van der Waals surface area contributed by atoms with Crippen LogP contribution in [0.4, 0.5) is 0 Å². The third-order valence-corrected chi connectivity index (χ3v) is 2.02. The van der Waals surface area contributed by atoms with Gasteiger partial charge in [0.2, 0.25) is 0 Å². The maximum Gasteiger partial charge on any atom is 0.161 e. The van der Waals surface area contributed by atoms with Crippen molar-refractivity contribution in [3.8, 4) is 0 Å². The second-order valence-corrected chi connectivity index (χ2v) is 3.00. The predicted molar refractivity (Wildman–Crippen MR) is 44.7 cm³/mol. The fraction of sp³-hybridized carbons (Fsp3) is 0.300. The molecule has 0 bridgehead atoms. The van der Waals surface area contributed by atoms with Gasteiger partial charge in [-0.15, -0.1) is 0 Å². The van der Waals surface area contributed by atoms with Crippen molar-refractivity contribution < 1.29 is 9.53 Å². The van der Waals surface area contributed by atoms with Gasteiger partial charge in [-0.05, 0) is 12.5 Å². The van der Waals surface area contributed by atoms with Crippen molar-refractivity contribution in [2.45, 2.75) is 19.1 Å². The number of epoxide rings is 1. The van der Waals surface area contributed by atoms with E-state index in [0.717, 1.165) is 5.56 Å². The van der Waals surface area contributed by atoms with Gasteiger partial charge in [0.05, 0.1) is 0 Å². The van der Waals surface area contributed by atoms with E-state index in [1.165, 1.54) is 0 Å². The van der Waals surface area contributed by atoms with Crippen LogP contribution in [0.15, 0.2) is 30.3 Å². The summed E-state index contributed by atoms with van der Waals surface area (Å²) in [5.41, 5.74) is 1.10. The van der Waals surface area contributed by atoms with Gasteiger partial charge >= 0.3 is 0 Å². The minimum absolute atomic E-state index is 0.0173. The molecule has 0 amide bonds. The maximum atomic E-state index is 10.9. The summed E-state index contributed by atoms with van der Waals surface area (Å²) in [7, 11) is 0. The smallest absolute Gasteiger partial charge is 0.161 e. The second-order valence-electron chi connectivity index (χ2n) is 3.00. The number of carbonyl (C=O) groups is 1.